The lowest BCUT2D eigenvalue weighted by atomic mass is 10.1. The molecule has 2 amide bonds. The molecular weight excluding hydrogens is 352 g/mol. The van der Waals surface area contributed by atoms with Crippen molar-refractivity contribution >= 4 is 23.2 Å². The van der Waals surface area contributed by atoms with Crippen LogP contribution < -0.4 is 15.4 Å². The molecule has 0 bridgehead atoms. The summed E-state index contributed by atoms with van der Waals surface area (Å²) < 4.78 is 5.71. The van der Waals surface area contributed by atoms with E-state index in [4.69, 9.17) is 4.74 Å². The van der Waals surface area contributed by atoms with Crippen molar-refractivity contribution in [3.8, 4) is 11.5 Å². The summed E-state index contributed by atoms with van der Waals surface area (Å²) in [6, 6.07) is 22.2. The Balaban J connectivity index is 1.52. The third kappa shape index (κ3) is 5.45. The summed E-state index contributed by atoms with van der Waals surface area (Å²) in [5.41, 5.74) is 3.39. The second-order valence-corrected chi connectivity index (χ2v) is 6.53. The van der Waals surface area contributed by atoms with Crippen molar-refractivity contribution in [2.45, 2.75) is 20.3 Å². The van der Waals surface area contributed by atoms with Gasteiger partial charge in [-0.1, -0.05) is 35.9 Å². The van der Waals surface area contributed by atoms with Crippen molar-refractivity contribution < 1.29 is 14.3 Å². The first-order valence-corrected chi connectivity index (χ1v) is 8.99. The molecule has 0 aliphatic carbocycles. The minimum atomic E-state index is -0.376. The smallest absolute Gasteiger partial charge is 0.233 e. The quantitative estimate of drug-likeness (QED) is 0.593. The maximum absolute atomic E-state index is 12.1. The van der Waals surface area contributed by atoms with Gasteiger partial charge >= 0.3 is 0 Å². The van der Waals surface area contributed by atoms with Gasteiger partial charge in [0.05, 0.1) is 0 Å². The zero-order valence-corrected chi connectivity index (χ0v) is 15.9. The van der Waals surface area contributed by atoms with Gasteiger partial charge in [0.15, 0.2) is 0 Å². The molecule has 0 heterocycles. The lowest BCUT2D eigenvalue weighted by molar-refractivity contribution is -0.123. The Bertz CT molecular complexity index is 967. The summed E-state index contributed by atoms with van der Waals surface area (Å²) in [6.45, 7) is 3.91. The van der Waals surface area contributed by atoms with Crippen molar-refractivity contribution in [3.63, 3.8) is 0 Å². The number of carbonyl (C=O) groups excluding carboxylic acids is 2. The van der Waals surface area contributed by atoms with Crippen LogP contribution in [0, 0.1) is 13.8 Å². The maximum Gasteiger partial charge on any atom is 0.233 e. The zero-order chi connectivity index (χ0) is 19.9. The molecule has 0 radical (unpaired) electrons. The van der Waals surface area contributed by atoms with E-state index in [-0.39, 0.29) is 18.2 Å². The van der Waals surface area contributed by atoms with E-state index in [1.54, 1.807) is 24.3 Å². The molecule has 2 N–H and O–H groups in total. The SMILES string of the molecule is Cc1ccc(NC(=O)CC(=O)Nc2ccc(Oc3ccccc3)cc2)c(C)c1. The standard InChI is InChI=1S/C23H22N2O3/c1-16-8-13-21(17(2)14-16)25-23(27)15-22(26)24-18-9-11-20(12-10-18)28-19-6-4-3-5-7-19/h3-14H,15H2,1-2H3,(H,24,26)(H,25,27). The number of carbonyl (C=O) groups is 2. The topological polar surface area (TPSA) is 67.4 Å². The van der Waals surface area contributed by atoms with Gasteiger partial charge in [0, 0.05) is 11.4 Å². The van der Waals surface area contributed by atoms with E-state index < -0.39 is 0 Å². The number of nitrogens with one attached hydrogen (secondary N) is 2. The normalized spacial score (nSPS) is 10.2. The molecule has 28 heavy (non-hydrogen) atoms. The number of hydrogen-bond acceptors (Lipinski definition) is 3. The summed E-state index contributed by atoms with van der Waals surface area (Å²) in [7, 11) is 0. The van der Waals surface area contributed by atoms with Crippen LogP contribution in [-0.2, 0) is 9.59 Å². The van der Waals surface area contributed by atoms with Crippen LogP contribution in [0.3, 0.4) is 0 Å². The van der Waals surface area contributed by atoms with Gasteiger partial charge < -0.3 is 15.4 Å². The number of rotatable bonds is 6. The van der Waals surface area contributed by atoms with E-state index in [1.165, 1.54) is 0 Å². The number of amides is 2. The van der Waals surface area contributed by atoms with Gasteiger partial charge in [-0.05, 0) is 61.9 Å². The highest BCUT2D eigenvalue weighted by molar-refractivity contribution is 6.08. The van der Waals surface area contributed by atoms with Gasteiger partial charge in [-0.15, -0.1) is 0 Å². The zero-order valence-electron chi connectivity index (χ0n) is 15.9. The number of hydrogen-bond donors (Lipinski definition) is 2. The molecular formula is C23H22N2O3. The van der Waals surface area contributed by atoms with Crippen LogP contribution >= 0.6 is 0 Å². The van der Waals surface area contributed by atoms with Gasteiger partial charge in [-0.25, -0.2) is 0 Å². The van der Waals surface area contributed by atoms with Gasteiger partial charge in [0.1, 0.15) is 17.9 Å². The fourth-order valence-electron chi connectivity index (χ4n) is 2.73. The van der Waals surface area contributed by atoms with Crippen LogP contribution in [0.2, 0.25) is 0 Å². The van der Waals surface area contributed by atoms with Crippen LogP contribution in [-0.4, -0.2) is 11.8 Å². The highest BCUT2D eigenvalue weighted by Crippen LogP contribution is 2.22. The molecule has 3 rings (SSSR count). The maximum atomic E-state index is 12.1. The van der Waals surface area contributed by atoms with Crippen molar-refractivity contribution in [1.82, 2.24) is 0 Å². The first-order valence-electron chi connectivity index (χ1n) is 8.99. The third-order valence-electron chi connectivity index (χ3n) is 4.09. The fraction of sp³-hybridized carbons (Fsp3) is 0.130. The van der Waals surface area contributed by atoms with Gasteiger partial charge in [-0.2, -0.15) is 0 Å². The molecule has 3 aromatic carbocycles. The molecule has 0 atom stereocenters. The van der Waals surface area contributed by atoms with Crippen LogP contribution in [0.15, 0.2) is 72.8 Å². The first kappa shape index (κ1) is 19.2. The van der Waals surface area contributed by atoms with E-state index in [0.29, 0.717) is 17.1 Å². The number of benzene rings is 3. The van der Waals surface area contributed by atoms with Crippen LogP contribution in [0.5, 0.6) is 11.5 Å². The van der Waals surface area contributed by atoms with E-state index in [1.807, 2.05) is 62.4 Å². The molecule has 0 saturated heterocycles. The number of para-hydroxylation sites is 1. The third-order valence-corrected chi connectivity index (χ3v) is 4.09. The second kappa shape index (κ2) is 8.86. The molecule has 0 unspecified atom stereocenters. The molecule has 0 saturated carbocycles. The van der Waals surface area contributed by atoms with Crippen LogP contribution in [0.25, 0.3) is 0 Å². The first-order chi connectivity index (χ1) is 13.5. The molecule has 0 aliphatic rings. The minimum Gasteiger partial charge on any atom is -0.457 e. The molecule has 0 aliphatic heterocycles. The lowest BCUT2D eigenvalue weighted by Crippen LogP contribution is -2.21. The Morgan fingerprint density at radius 1 is 0.786 bits per heavy atom. The second-order valence-electron chi connectivity index (χ2n) is 6.53. The Morgan fingerprint density at radius 2 is 1.43 bits per heavy atom. The Kier molecular flexibility index (Phi) is 6.07. The highest BCUT2D eigenvalue weighted by Gasteiger charge is 2.11. The van der Waals surface area contributed by atoms with Gasteiger partial charge in [0.25, 0.3) is 0 Å². The molecule has 0 aromatic heterocycles. The Hall–Kier alpha value is -3.60. The lowest BCUT2D eigenvalue weighted by Gasteiger charge is -2.10. The summed E-state index contributed by atoms with van der Waals surface area (Å²) in [5.74, 6) is 0.673. The predicted molar refractivity (Wildman–Crippen MR) is 111 cm³/mol. The summed E-state index contributed by atoms with van der Waals surface area (Å²) in [6.07, 6.45) is -0.254. The molecule has 0 fully saturated rings. The molecule has 3 aromatic rings. The summed E-state index contributed by atoms with van der Waals surface area (Å²) in [4.78, 5) is 24.2. The molecule has 5 nitrogen and oxygen atoms in total. The molecule has 0 spiro atoms. The van der Waals surface area contributed by atoms with Crippen molar-refractivity contribution in [3.05, 3.63) is 83.9 Å². The highest BCUT2D eigenvalue weighted by atomic mass is 16.5. The van der Waals surface area contributed by atoms with Gasteiger partial charge in [-0.3, -0.25) is 9.59 Å². The van der Waals surface area contributed by atoms with Crippen LogP contribution in [0.1, 0.15) is 17.5 Å². The van der Waals surface area contributed by atoms with E-state index in [9.17, 15) is 9.59 Å². The van der Waals surface area contributed by atoms with E-state index in [2.05, 4.69) is 10.6 Å². The summed E-state index contributed by atoms with van der Waals surface area (Å²) in [5, 5.41) is 5.49. The van der Waals surface area contributed by atoms with Crippen LogP contribution in [0.4, 0.5) is 11.4 Å². The molecule has 142 valence electrons. The number of aryl methyl sites for hydroxylation is 2. The molecule has 5 heteroatoms. The fourth-order valence-corrected chi connectivity index (χ4v) is 2.73. The van der Waals surface area contributed by atoms with Crippen molar-refractivity contribution in [2.24, 2.45) is 0 Å². The minimum absolute atomic E-state index is 0.254. The van der Waals surface area contributed by atoms with Gasteiger partial charge in [0.2, 0.25) is 11.8 Å². The number of ether oxygens (including phenoxy) is 1. The summed E-state index contributed by atoms with van der Waals surface area (Å²) >= 11 is 0. The average molecular weight is 374 g/mol. The Morgan fingerprint density at radius 3 is 2.11 bits per heavy atom. The Labute approximate surface area is 164 Å². The average Bonchev–Trinajstić information content (AvgIpc) is 2.66. The largest absolute Gasteiger partial charge is 0.457 e. The predicted octanol–water partition coefficient (Wildman–Crippen LogP) is 5.06. The van der Waals surface area contributed by atoms with Crippen molar-refractivity contribution in [2.75, 3.05) is 10.6 Å². The van der Waals surface area contributed by atoms with E-state index in [0.717, 1.165) is 16.9 Å². The van der Waals surface area contributed by atoms with Crippen molar-refractivity contribution in [1.29, 1.82) is 0 Å². The number of anilines is 2. The monoisotopic (exact) mass is 374 g/mol. The van der Waals surface area contributed by atoms with E-state index >= 15 is 0 Å².